The highest BCUT2D eigenvalue weighted by molar-refractivity contribution is 5.95. The maximum Gasteiger partial charge on any atom is 0.349 e. The van der Waals surface area contributed by atoms with Crippen LogP contribution in [0, 0.1) is 0 Å². The Morgan fingerprint density at radius 2 is 2.00 bits per heavy atom. The van der Waals surface area contributed by atoms with Crippen LogP contribution in [0.2, 0.25) is 0 Å². The SMILES string of the molecule is O=C(NOC1CCCC1)c1cc2ccccc2oc1=O. The first kappa shape index (κ1) is 12.9. The molecule has 1 saturated carbocycles. The molecular weight excluding hydrogens is 258 g/mol. The van der Waals surface area contributed by atoms with Gasteiger partial charge in [0, 0.05) is 5.39 Å². The van der Waals surface area contributed by atoms with E-state index in [2.05, 4.69) is 5.48 Å². The van der Waals surface area contributed by atoms with Crippen molar-refractivity contribution < 1.29 is 14.0 Å². The first-order valence-corrected chi connectivity index (χ1v) is 6.73. The maximum absolute atomic E-state index is 12.0. The number of nitrogens with one attached hydrogen (secondary N) is 1. The van der Waals surface area contributed by atoms with Gasteiger partial charge in [0.1, 0.15) is 11.1 Å². The van der Waals surface area contributed by atoms with E-state index in [1.165, 1.54) is 6.07 Å². The van der Waals surface area contributed by atoms with E-state index in [0.717, 1.165) is 25.7 Å². The Morgan fingerprint density at radius 3 is 2.80 bits per heavy atom. The van der Waals surface area contributed by atoms with Crippen molar-refractivity contribution in [3.63, 3.8) is 0 Å². The first-order chi connectivity index (χ1) is 9.74. The van der Waals surface area contributed by atoms with Crippen LogP contribution in [0.3, 0.4) is 0 Å². The highest BCUT2D eigenvalue weighted by atomic mass is 16.7. The molecule has 0 aliphatic heterocycles. The minimum Gasteiger partial charge on any atom is -0.422 e. The van der Waals surface area contributed by atoms with Crippen molar-refractivity contribution >= 4 is 16.9 Å². The lowest BCUT2D eigenvalue weighted by atomic mass is 10.2. The van der Waals surface area contributed by atoms with Crippen molar-refractivity contribution in [3.05, 3.63) is 46.3 Å². The van der Waals surface area contributed by atoms with Crippen LogP contribution in [0.4, 0.5) is 0 Å². The molecule has 1 N–H and O–H groups in total. The number of benzene rings is 1. The normalized spacial score (nSPS) is 15.6. The topological polar surface area (TPSA) is 68.5 Å². The summed E-state index contributed by atoms with van der Waals surface area (Å²) < 4.78 is 5.11. The quantitative estimate of drug-likeness (QED) is 0.688. The monoisotopic (exact) mass is 273 g/mol. The lowest BCUT2D eigenvalue weighted by Crippen LogP contribution is -2.31. The highest BCUT2D eigenvalue weighted by Crippen LogP contribution is 2.20. The molecule has 1 amide bonds. The molecule has 1 aromatic carbocycles. The zero-order chi connectivity index (χ0) is 13.9. The van der Waals surface area contributed by atoms with Crippen molar-refractivity contribution in [2.75, 3.05) is 0 Å². The molecule has 0 radical (unpaired) electrons. The number of hydrogen-bond acceptors (Lipinski definition) is 4. The van der Waals surface area contributed by atoms with E-state index in [1.807, 2.05) is 6.07 Å². The summed E-state index contributed by atoms with van der Waals surface area (Å²) in [6.45, 7) is 0. The molecule has 0 saturated heterocycles. The Labute approximate surface area is 115 Å². The van der Waals surface area contributed by atoms with Gasteiger partial charge >= 0.3 is 5.63 Å². The van der Waals surface area contributed by atoms with Gasteiger partial charge in [-0.3, -0.25) is 9.63 Å². The zero-order valence-electron chi connectivity index (χ0n) is 10.9. The Morgan fingerprint density at radius 1 is 1.25 bits per heavy atom. The Kier molecular flexibility index (Phi) is 3.52. The van der Waals surface area contributed by atoms with E-state index >= 15 is 0 Å². The fraction of sp³-hybridized carbons (Fsp3) is 0.333. The Bertz CT molecular complexity index is 686. The molecule has 1 aromatic heterocycles. The molecule has 5 nitrogen and oxygen atoms in total. The number of carbonyl (C=O) groups excluding carboxylic acids is 1. The van der Waals surface area contributed by atoms with E-state index in [-0.39, 0.29) is 11.7 Å². The summed E-state index contributed by atoms with van der Waals surface area (Å²) in [5.41, 5.74) is 2.11. The number of carbonyl (C=O) groups is 1. The lowest BCUT2D eigenvalue weighted by Gasteiger charge is -2.10. The van der Waals surface area contributed by atoms with Crippen LogP contribution >= 0.6 is 0 Å². The summed E-state index contributed by atoms with van der Waals surface area (Å²) in [6.07, 6.45) is 4.14. The lowest BCUT2D eigenvalue weighted by molar-refractivity contribution is -0.0126. The first-order valence-electron chi connectivity index (χ1n) is 6.73. The summed E-state index contributed by atoms with van der Waals surface area (Å²) in [5.74, 6) is -0.559. The van der Waals surface area contributed by atoms with Gasteiger partial charge in [0.05, 0.1) is 6.10 Å². The van der Waals surface area contributed by atoms with Crippen molar-refractivity contribution in [1.82, 2.24) is 5.48 Å². The molecule has 1 heterocycles. The minimum atomic E-state index is -0.656. The van der Waals surface area contributed by atoms with Gasteiger partial charge in [0.25, 0.3) is 5.91 Å². The molecule has 0 atom stereocenters. The molecule has 20 heavy (non-hydrogen) atoms. The highest BCUT2D eigenvalue weighted by Gasteiger charge is 2.19. The van der Waals surface area contributed by atoms with Crippen molar-refractivity contribution in [1.29, 1.82) is 0 Å². The molecular formula is C15H15NO4. The van der Waals surface area contributed by atoms with Crippen LogP contribution in [0.25, 0.3) is 11.0 Å². The van der Waals surface area contributed by atoms with E-state index < -0.39 is 11.5 Å². The second-order valence-corrected chi connectivity index (χ2v) is 4.94. The van der Waals surface area contributed by atoms with Gasteiger partial charge in [-0.25, -0.2) is 10.3 Å². The minimum absolute atomic E-state index is 0.0401. The molecule has 2 aromatic rings. The average molecular weight is 273 g/mol. The van der Waals surface area contributed by atoms with Crippen molar-refractivity contribution in [2.24, 2.45) is 0 Å². The molecule has 0 unspecified atom stereocenters. The van der Waals surface area contributed by atoms with Gasteiger partial charge in [-0.2, -0.15) is 0 Å². The average Bonchev–Trinajstić information content (AvgIpc) is 2.97. The van der Waals surface area contributed by atoms with Crippen LogP contribution in [0.15, 0.2) is 39.5 Å². The second kappa shape index (κ2) is 5.46. The smallest absolute Gasteiger partial charge is 0.349 e. The predicted molar refractivity (Wildman–Crippen MR) is 73.3 cm³/mol. The number of hydroxylamine groups is 1. The number of hydrogen-bond donors (Lipinski definition) is 1. The van der Waals surface area contributed by atoms with E-state index in [9.17, 15) is 9.59 Å². The third kappa shape index (κ3) is 2.58. The third-order valence-electron chi connectivity index (χ3n) is 3.51. The van der Waals surface area contributed by atoms with Crippen LogP contribution in [-0.4, -0.2) is 12.0 Å². The van der Waals surface area contributed by atoms with Gasteiger partial charge in [-0.15, -0.1) is 0 Å². The van der Waals surface area contributed by atoms with Crippen molar-refractivity contribution in [3.8, 4) is 0 Å². The van der Waals surface area contributed by atoms with E-state index in [0.29, 0.717) is 11.0 Å². The third-order valence-corrected chi connectivity index (χ3v) is 3.51. The molecule has 1 aliphatic rings. The van der Waals surface area contributed by atoms with Gasteiger partial charge < -0.3 is 4.42 Å². The zero-order valence-corrected chi connectivity index (χ0v) is 10.9. The van der Waals surface area contributed by atoms with E-state index in [1.54, 1.807) is 18.2 Å². The van der Waals surface area contributed by atoms with Gasteiger partial charge in [-0.05, 0) is 25.0 Å². The fourth-order valence-corrected chi connectivity index (χ4v) is 2.42. The molecule has 1 fully saturated rings. The second-order valence-electron chi connectivity index (χ2n) is 4.94. The van der Waals surface area contributed by atoms with Crippen LogP contribution in [0.1, 0.15) is 36.0 Å². The Balaban J connectivity index is 1.79. The maximum atomic E-state index is 12.0. The predicted octanol–water partition coefficient (Wildman–Crippen LogP) is 2.40. The van der Waals surface area contributed by atoms with Crippen molar-refractivity contribution in [2.45, 2.75) is 31.8 Å². The van der Waals surface area contributed by atoms with Gasteiger partial charge in [0.15, 0.2) is 0 Å². The number of fused-ring (bicyclic) bond motifs is 1. The molecule has 0 spiro atoms. The standard InChI is InChI=1S/C15H15NO4/c17-14(16-20-11-6-2-3-7-11)12-9-10-5-1-4-8-13(10)19-15(12)18/h1,4-5,8-9,11H,2-3,6-7H2,(H,16,17). The fourth-order valence-electron chi connectivity index (χ4n) is 2.42. The molecule has 1 aliphatic carbocycles. The summed E-state index contributed by atoms with van der Waals surface area (Å²) in [5, 5.41) is 0.707. The number of rotatable bonds is 3. The number of para-hydroxylation sites is 1. The van der Waals surface area contributed by atoms with Gasteiger partial charge in [0.2, 0.25) is 0 Å². The van der Waals surface area contributed by atoms with Gasteiger partial charge in [-0.1, -0.05) is 31.0 Å². The number of amides is 1. The van der Waals surface area contributed by atoms with Crippen LogP contribution in [-0.2, 0) is 4.84 Å². The summed E-state index contributed by atoms with van der Waals surface area (Å²) >= 11 is 0. The summed E-state index contributed by atoms with van der Waals surface area (Å²) in [4.78, 5) is 29.1. The summed E-state index contributed by atoms with van der Waals surface area (Å²) in [7, 11) is 0. The van der Waals surface area contributed by atoms with Crippen LogP contribution in [0.5, 0.6) is 0 Å². The molecule has 5 heteroatoms. The van der Waals surface area contributed by atoms with Crippen LogP contribution < -0.4 is 11.1 Å². The largest absolute Gasteiger partial charge is 0.422 e. The molecule has 3 rings (SSSR count). The molecule has 0 bridgehead atoms. The van der Waals surface area contributed by atoms with E-state index in [4.69, 9.17) is 9.25 Å². The summed E-state index contributed by atoms with van der Waals surface area (Å²) in [6, 6.07) is 8.59. The Hall–Kier alpha value is -2.14. The molecule has 104 valence electrons.